The SMILES string of the molecule is Cc1ccc(C)c([C@@H](c2ccccc2)N2CCN(C(=O)c3ccnn3C)CC2)c1. The van der Waals surface area contributed by atoms with Crippen LogP contribution in [0.3, 0.4) is 0 Å². The van der Waals surface area contributed by atoms with Gasteiger partial charge < -0.3 is 4.90 Å². The number of rotatable bonds is 4. The molecule has 1 aliphatic rings. The number of carbonyl (C=O) groups is 1. The molecule has 150 valence electrons. The Balaban J connectivity index is 1.58. The van der Waals surface area contributed by atoms with Crippen LogP contribution in [-0.2, 0) is 7.05 Å². The third kappa shape index (κ3) is 3.96. The van der Waals surface area contributed by atoms with E-state index in [0.717, 1.165) is 26.2 Å². The number of aryl methyl sites for hydroxylation is 3. The van der Waals surface area contributed by atoms with Crippen molar-refractivity contribution in [2.24, 2.45) is 7.05 Å². The molecule has 1 atom stereocenters. The van der Waals surface area contributed by atoms with Gasteiger partial charge in [0, 0.05) is 39.4 Å². The van der Waals surface area contributed by atoms with Gasteiger partial charge in [-0.2, -0.15) is 5.10 Å². The molecule has 5 nitrogen and oxygen atoms in total. The largest absolute Gasteiger partial charge is 0.335 e. The van der Waals surface area contributed by atoms with E-state index in [1.54, 1.807) is 16.9 Å². The Morgan fingerprint density at radius 2 is 1.69 bits per heavy atom. The van der Waals surface area contributed by atoms with Crippen LogP contribution < -0.4 is 0 Å². The smallest absolute Gasteiger partial charge is 0.272 e. The van der Waals surface area contributed by atoms with E-state index in [-0.39, 0.29) is 11.9 Å². The molecular weight excluding hydrogens is 360 g/mol. The van der Waals surface area contributed by atoms with Crippen molar-refractivity contribution in [3.05, 3.63) is 88.7 Å². The summed E-state index contributed by atoms with van der Waals surface area (Å²) in [7, 11) is 1.81. The van der Waals surface area contributed by atoms with E-state index < -0.39 is 0 Å². The number of hydrogen-bond donors (Lipinski definition) is 0. The molecule has 0 bridgehead atoms. The minimum atomic E-state index is 0.0626. The van der Waals surface area contributed by atoms with Crippen molar-refractivity contribution in [2.45, 2.75) is 19.9 Å². The number of amides is 1. The van der Waals surface area contributed by atoms with E-state index in [4.69, 9.17) is 0 Å². The van der Waals surface area contributed by atoms with Gasteiger partial charge in [0.15, 0.2) is 0 Å². The van der Waals surface area contributed by atoms with Crippen LogP contribution in [0.4, 0.5) is 0 Å². The lowest BCUT2D eigenvalue weighted by Gasteiger charge is -2.40. The standard InChI is InChI=1S/C24H28N4O/c1-18-9-10-19(2)21(17-18)23(20-7-5-4-6-8-20)27-13-15-28(16-14-27)24(29)22-11-12-25-26(22)3/h4-12,17,23H,13-16H2,1-3H3/t23-/m1/s1. The summed E-state index contributed by atoms with van der Waals surface area (Å²) in [6.07, 6.45) is 1.68. The predicted molar refractivity (Wildman–Crippen MR) is 115 cm³/mol. The van der Waals surface area contributed by atoms with Crippen LogP contribution in [0, 0.1) is 13.8 Å². The van der Waals surface area contributed by atoms with Crippen LogP contribution in [0.15, 0.2) is 60.8 Å². The summed E-state index contributed by atoms with van der Waals surface area (Å²) in [5.41, 5.74) is 5.87. The molecule has 0 unspecified atom stereocenters. The predicted octanol–water partition coefficient (Wildman–Crippen LogP) is 3.58. The van der Waals surface area contributed by atoms with Crippen LogP contribution >= 0.6 is 0 Å². The molecule has 0 saturated carbocycles. The highest BCUT2D eigenvalue weighted by atomic mass is 16.2. The molecule has 3 aromatic rings. The second-order valence-corrected chi connectivity index (χ2v) is 7.84. The average molecular weight is 389 g/mol. The molecule has 0 radical (unpaired) electrons. The molecule has 1 amide bonds. The molecule has 29 heavy (non-hydrogen) atoms. The fraction of sp³-hybridized carbons (Fsp3) is 0.333. The van der Waals surface area contributed by atoms with Gasteiger partial charge in [0.25, 0.3) is 5.91 Å². The fourth-order valence-electron chi connectivity index (χ4n) is 4.21. The molecule has 0 spiro atoms. The van der Waals surface area contributed by atoms with E-state index in [2.05, 4.69) is 72.4 Å². The molecule has 1 aromatic heterocycles. The summed E-state index contributed by atoms with van der Waals surface area (Å²) >= 11 is 0. The topological polar surface area (TPSA) is 41.4 Å². The van der Waals surface area contributed by atoms with Crippen molar-refractivity contribution in [1.29, 1.82) is 0 Å². The van der Waals surface area contributed by atoms with Gasteiger partial charge >= 0.3 is 0 Å². The zero-order valence-corrected chi connectivity index (χ0v) is 17.4. The third-order valence-electron chi connectivity index (χ3n) is 5.85. The van der Waals surface area contributed by atoms with E-state index in [0.29, 0.717) is 5.69 Å². The Morgan fingerprint density at radius 1 is 0.966 bits per heavy atom. The first-order valence-corrected chi connectivity index (χ1v) is 10.2. The highest BCUT2D eigenvalue weighted by Crippen LogP contribution is 2.32. The van der Waals surface area contributed by atoms with Crippen LogP contribution in [0.2, 0.25) is 0 Å². The maximum Gasteiger partial charge on any atom is 0.272 e. The molecule has 0 N–H and O–H groups in total. The van der Waals surface area contributed by atoms with Crippen LogP contribution in [0.25, 0.3) is 0 Å². The van der Waals surface area contributed by atoms with Crippen LogP contribution in [0.1, 0.15) is 38.8 Å². The first-order chi connectivity index (χ1) is 14.0. The number of benzene rings is 2. The monoisotopic (exact) mass is 388 g/mol. The van der Waals surface area contributed by atoms with Gasteiger partial charge in [-0.15, -0.1) is 0 Å². The molecule has 2 aromatic carbocycles. The Morgan fingerprint density at radius 3 is 2.34 bits per heavy atom. The minimum Gasteiger partial charge on any atom is -0.335 e. The Labute approximate surface area is 172 Å². The lowest BCUT2D eigenvalue weighted by atomic mass is 9.92. The Kier molecular flexibility index (Phi) is 5.49. The number of piperazine rings is 1. The lowest BCUT2D eigenvalue weighted by molar-refractivity contribution is 0.0586. The second kappa shape index (κ2) is 8.21. The van der Waals surface area contributed by atoms with Gasteiger partial charge in [-0.1, -0.05) is 54.1 Å². The van der Waals surface area contributed by atoms with Gasteiger partial charge in [-0.25, -0.2) is 0 Å². The number of nitrogens with zero attached hydrogens (tertiary/aromatic N) is 4. The van der Waals surface area contributed by atoms with Crippen LogP contribution in [-0.4, -0.2) is 51.7 Å². The highest BCUT2D eigenvalue weighted by molar-refractivity contribution is 5.92. The molecule has 4 rings (SSSR count). The van der Waals surface area contributed by atoms with Crippen molar-refractivity contribution >= 4 is 5.91 Å². The quantitative estimate of drug-likeness (QED) is 0.686. The summed E-state index contributed by atoms with van der Waals surface area (Å²) in [5, 5.41) is 4.13. The summed E-state index contributed by atoms with van der Waals surface area (Å²) in [6, 6.07) is 19.4. The van der Waals surface area contributed by atoms with Crippen molar-refractivity contribution < 1.29 is 4.79 Å². The second-order valence-electron chi connectivity index (χ2n) is 7.84. The molecule has 0 aliphatic carbocycles. The molecule has 1 fully saturated rings. The summed E-state index contributed by atoms with van der Waals surface area (Å²) in [5.74, 6) is 0.0626. The normalized spacial score (nSPS) is 16.0. The molecule has 1 saturated heterocycles. The van der Waals surface area contributed by atoms with Crippen LogP contribution in [0.5, 0.6) is 0 Å². The van der Waals surface area contributed by atoms with Gasteiger partial charge in [0.1, 0.15) is 5.69 Å². The van der Waals surface area contributed by atoms with E-state index in [1.807, 2.05) is 11.9 Å². The van der Waals surface area contributed by atoms with Crippen molar-refractivity contribution in [3.63, 3.8) is 0 Å². The number of hydrogen-bond acceptors (Lipinski definition) is 3. The maximum atomic E-state index is 12.8. The Bertz CT molecular complexity index is 987. The van der Waals surface area contributed by atoms with Gasteiger partial charge in [0.2, 0.25) is 0 Å². The van der Waals surface area contributed by atoms with E-state index in [9.17, 15) is 4.79 Å². The lowest BCUT2D eigenvalue weighted by Crippen LogP contribution is -2.50. The maximum absolute atomic E-state index is 12.8. The fourth-order valence-corrected chi connectivity index (χ4v) is 4.21. The van der Waals surface area contributed by atoms with Crippen molar-refractivity contribution in [3.8, 4) is 0 Å². The molecular formula is C24H28N4O. The van der Waals surface area contributed by atoms with Gasteiger partial charge in [-0.05, 0) is 36.6 Å². The molecule has 1 aliphatic heterocycles. The summed E-state index contributed by atoms with van der Waals surface area (Å²) < 4.78 is 1.65. The zero-order valence-electron chi connectivity index (χ0n) is 17.4. The Hall–Kier alpha value is -2.92. The van der Waals surface area contributed by atoms with Gasteiger partial charge in [0.05, 0.1) is 6.04 Å². The summed E-state index contributed by atoms with van der Waals surface area (Å²) in [6.45, 7) is 7.46. The number of aromatic nitrogens is 2. The molecule has 5 heteroatoms. The van der Waals surface area contributed by atoms with Crippen molar-refractivity contribution in [1.82, 2.24) is 19.6 Å². The zero-order chi connectivity index (χ0) is 20.4. The summed E-state index contributed by atoms with van der Waals surface area (Å²) in [4.78, 5) is 17.3. The first kappa shape index (κ1) is 19.4. The van der Waals surface area contributed by atoms with Crippen molar-refractivity contribution in [2.75, 3.05) is 26.2 Å². The van der Waals surface area contributed by atoms with E-state index >= 15 is 0 Å². The molecule has 2 heterocycles. The first-order valence-electron chi connectivity index (χ1n) is 10.2. The number of carbonyl (C=O) groups excluding carboxylic acids is 1. The minimum absolute atomic E-state index is 0.0626. The van der Waals surface area contributed by atoms with E-state index in [1.165, 1.54) is 22.3 Å². The third-order valence-corrected chi connectivity index (χ3v) is 5.85. The average Bonchev–Trinajstić information content (AvgIpc) is 3.17. The van der Waals surface area contributed by atoms with Gasteiger partial charge in [-0.3, -0.25) is 14.4 Å². The highest BCUT2D eigenvalue weighted by Gasteiger charge is 2.30.